The summed E-state index contributed by atoms with van der Waals surface area (Å²) >= 11 is 0. The molecule has 0 heterocycles. The zero-order valence-electron chi connectivity index (χ0n) is 6.36. The normalized spacial score (nSPS) is 30.0. The van der Waals surface area contributed by atoms with Crippen LogP contribution in [0.5, 0.6) is 0 Å². The van der Waals surface area contributed by atoms with Gasteiger partial charge >= 0.3 is 5.97 Å². The molecule has 1 N–H and O–H groups in total. The van der Waals surface area contributed by atoms with Crippen LogP contribution in [0, 0.1) is 5.92 Å². The fraction of sp³-hybridized carbons (Fsp3) is 0.444. The van der Waals surface area contributed by atoms with Crippen molar-refractivity contribution >= 4 is 5.97 Å². The van der Waals surface area contributed by atoms with E-state index in [1.165, 1.54) is 0 Å². The molecule has 0 bridgehead atoms. The Hall–Kier alpha value is -1.05. The Balaban J connectivity index is 2.56. The van der Waals surface area contributed by atoms with Crippen LogP contribution in [0.4, 0.5) is 0 Å². The Labute approximate surface area is 66.2 Å². The number of hydrogen-bond donors (Lipinski definition) is 1. The number of aliphatic carboxylic acids is 1. The molecule has 11 heavy (non-hydrogen) atoms. The lowest BCUT2D eigenvalue weighted by Crippen LogP contribution is -2.10. The van der Waals surface area contributed by atoms with E-state index in [0.29, 0.717) is 6.42 Å². The van der Waals surface area contributed by atoms with Crippen LogP contribution < -0.4 is 0 Å². The molecule has 1 aliphatic rings. The molecule has 2 heteroatoms. The third-order valence-electron chi connectivity index (χ3n) is 1.74. The fourth-order valence-electron chi connectivity index (χ4n) is 1.08. The lowest BCUT2D eigenvalue weighted by atomic mass is 10.0. The monoisotopic (exact) mass is 152 g/mol. The van der Waals surface area contributed by atoms with E-state index in [2.05, 4.69) is 0 Å². The van der Waals surface area contributed by atoms with Gasteiger partial charge < -0.3 is 5.11 Å². The lowest BCUT2D eigenvalue weighted by Gasteiger charge is -2.05. The molecule has 1 unspecified atom stereocenters. The predicted molar refractivity (Wildman–Crippen MR) is 43.3 cm³/mol. The number of carboxylic acids is 1. The van der Waals surface area contributed by atoms with E-state index in [1.807, 2.05) is 18.2 Å². The van der Waals surface area contributed by atoms with Crippen molar-refractivity contribution in [2.45, 2.75) is 19.3 Å². The highest BCUT2D eigenvalue weighted by atomic mass is 16.4. The second-order valence-corrected chi connectivity index (χ2v) is 2.66. The molecular formula is C9H12O2. The van der Waals surface area contributed by atoms with Crippen LogP contribution in [0.25, 0.3) is 0 Å². The van der Waals surface area contributed by atoms with Gasteiger partial charge in [0.1, 0.15) is 0 Å². The van der Waals surface area contributed by atoms with E-state index < -0.39 is 5.97 Å². The SMILES string of the molecule is O=C(O)C1/C=C\CC/C=C\C1. The van der Waals surface area contributed by atoms with Crippen molar-refractivity contribution in [3.8, 4) is 0 Å². The first-order valence-corrected chi connectivity index (χ1v) is 3.85. The number of carboxylic acid groups (broad SMARTS) is 1. The predicted octanol–water partition coefficient (Wildman–Crippen LogP) is 1.98. The number of allylic oxidation sites excluding steroid dienone is 3. The second kappa shape index (κ2) is 3.96. The van der Waals surface area contributed by atoms with Gasteiger partial charge in [0, 0.05) is 0 Å². The molecule has 1 rings (SSSR count). The van der Waals surface area contributed by atoms with Gasteiger partial charge in [-0.25, -0.2) is 0 Å². The molecule has 0 amide bonds. The summed E-state index contributed by atoms with van der Waals surface area (Å²) in [6.07, 6.45) is 10.3. The molecule has 0 aromatic carbocycles. The topological polar surface area (TPSA) is 37.3 Å². The third-order valence-corrected chi connectivity index (χ3v) is 1.74. The molecule has 1 aliphatic carbocycles. The van der Waals surface area contributed by atoms with E-state index in [9.17, 15) is 4.79 Å². The summed E-state index contributed by atoms with van der Waals surface area (Å²) < 4.78 is 0. The van der Waals surface area contributed by atoms with E-state index in [0.717, 1.165) is 12.8 Å². The van der Waals surface area contributed by atoms with Crippen LogP contribution >= 0.6 is 0 Å². The van der Waals surface area contributed by atoms with E-state index in [1.54, 1.807) is 6.08 Å². The molecule has 60 valence electrons. The Morgan fingerprint density at radius 2 is 2.00 bits per heavy atom. The van der Waals surface area contributed by atoms with Gasteiger partial charge in [-0.2, -0.15) is 0 Å². The standard InChI is InChI=1S/C9H12O2/c10-9(11)8-6-4-2-1-3-5-7-8/h2,4-5,7-8H,1,3,6H2,(H,10,11)/b4-2-,7-5-. The second-order valence-electron chi connectivity index (χ2n) is 2.66. The summed E-state index contributed by atoms with van der Waals surface area (Å²) in [5.41, 5.74) is 0. The average Bonchev–Trinajstić information content (AvgIpc) is 1.84. The smallest absolute Gasteiger partial charge is 0.310 e. The molecule has 0 fully saturated rings. The Bertz CT molecular complexity index is 192. The van der Waals surface area contributed by atoms with Crippen LogP contribution in [-0.2, 0) is 4.79 Å². The summed E-state index contributed by atoms with van der Waals surface area (Å²) in [4.78, 5) is 10.5. The van der Waals surface area contributed by atoms with Gasteiger partial charge in [0.25, 0.3) is 0 Å². The molecule has 0 spiro atoms. The zero-order valence-corrected chi connectivity index (χ0v) is 6.36. The van der Waals surface area contributed by atoms with Crippen LogP contribution in [0.15, 0.2) is 24.3 Å². The molecule has 0 aromatic rings. The number of carbonyl (C=O) groups is 1. The van der Waals surface area contributed by atoms with Gasteiger partial charge in [-0.3, -0.25) is 4.79 Å². The maximum Gasteiger partial charge on any atom is 0.310 e. The van der Waals surface area contributed by atoms with E-state index in [-0.39, 0.29) is 5.92 Å². The molecule has 0 saturated heterocycles. The number of rotatable bonds is 1. The van der Waals surface area contributed by atoms with Crippen molar-refractivity contribution in [2.75, 3.05) is 0 Å². The van der Waals surface area contributed by atoms with Gasteiger partial charge in [0.05, 0.1) is 5.92 Å². The zero-order chi connectivity index (χ0) is 8.10. The molecule has 2 nitrogen and oxygen atoms in total. The summed E-state index contributed by atoms with van der Waals surface area (Å²) in [7, 11) is 0. The van der Waals surface area contributed by atoms with Gasteiger partial charge in [-0.1, -0.05) is 24.3 Å². The Morgan fingerprint density at radius 1 is 1.27 bits per heavy atom. The van der Waals surface area contributed by atoms with Gasteiger partial charge in [0.15, 0.2) is 0 Å². The highest BCUT2D eigenvalue weighted by Crippen LogP contribution is 2.11. The first kappa shape index (κ1) is 8.05. The van der Waals surface area contributed by atoms with Gasteiger partial charge in [-0.05, 0) is 19.3 Å². The first-order chi connectivity index (χ1) is 5.30. The van der Waals surface area contributed by atoms with Crippen molar-refractivity contribution in [3.05, 3.63) is 24.3 Å². The Morgan fingerprint density at radius 3 is 2.73 bits per heavy atom. The average molecular weight is 152 g/mol. The van der Waals surface area contributed by atoms with Crippen LogP contribution in [0.3, 0.4) is 0 Å². The summed E-state index contributed by atoms with van der Waals surface area (Å²) in [6, 6.07) is 0. The minimum Gasteiger partial charge on any atom is -0.481 e. The van der Waals surface area contributed by atoms with Crippen molar-refractivity contribution in [2.24, 2.45) is 5.92 Å². The van der Waals surface area contributed by atoms with Crippen molar-refractivity contribution < 1.29 is 9.90 Å². The summed E-state index contributed by atoms with van der Waals surface area (Å²) in [6.45, 7) is 0. The van der Waals surface area contributed by atoms with Gasteiger partial charge in [-0.15, -0.1) is 0 Å². The minimum absolute atomic E-state index is 0.313. The molecular weight excluding hydrogens is 140 g/mol. The third kappa shape index (κ3) is 2.58. The van der Waals surface area contributed by atoms with Crippen molar-refractivity contribution in [1.29, 1.82) is 0 Å². The summed E-state index contributed by atoms with van der Waals surface area (Å²) in [5.74, 6) is -1.04. The van der Waals surface area contributed by atoms with E-state index >= 15 is 0 Å². The van der Waals surface area contributed by atoms with Gasteiger partial charge in [0.2, 0.25) is 0 Å². The lowest BCUT2D eigenvalue weighted by molar-refractivity contribution is -0.139. The van der Waals surface area contributed by atoms with E-state index in [4.69, 9.17) is 5.11 Å². The fourth-order valence-corrected chi connectivity index (χ4v) is 1.08. The number of hydrogen-bond acceptors (Lipinski definition) is 1. The maximum absolute atomic E-state index is 10.5. The minimum atomic E-state index is -0.729. The van der Waals surface area contributed by atoms with Crippen LogP contribution in [0.1, 0.15) is 19.3 Å². The van der Waals surface area contributed by atoms with Crippen molar-refractivity contribution in [3.63, 3.8) is 0 Å². The largest absolute Gasteiger partial charge is 0.481 e. The van der Waals surface area contributed by atoms with Crippen molar-refractivity contribution in [1.82, 2.24) is 0 Å². The summed E-state index contributed by atoms with van der Waals surface area (Å²) in [5, 5.41) is 8.67. The maximum atomic E-state index is 10.5. The molecule has 0 aromatic heterocycles. The van der Waals surface area contributed by atoms with Crippen LogP contribution in [-0.4, -0.2) is 11.1 Å². The highest BCUT2D eigenvalue weighted by molar-refractivity contribution is 5.72. The van der Waals surface area contributed by atoms with Crippen LogP contribution in [0.2, 0.25) is 0 Å². The molecule has 1 atom stereocenters. The quantitative estimate of drug-likeness (QED) is 0.583. The first-order valence-electron chi connectivity index (χ1n) is 3.85. The highest BCUT2D eigenvalue weighted by Gasteiger charge is 2.11. The molecule has 0 saturated carbocycles. The Kier molecular flexibility index (Phi) is 2.90. The molecule has 0 aliphatic heterocycles. The molecule has 0 radical (unpaired) electrons.